The molecule has 0 atom stereocenters. The maximum Gasteiger partial charge on any atom is 0.332 e. The second kappa shape index (κ2) is 8.06. The molecule has 7 nitrogen and oxygen atoms in total. The molecule has 0 aliphatic carbocycles. The minimum atomic E-state index is -0.497. The van der Waals surface area contributed by atoms with Crippen LogP contribution in [0.1, 0.15) is 19.4 Å². The number of rotatable bonds is 6. The lowest BCUT2D eigenvalue weighted by atomic mass is 10.2. The Morgan fingerprint density at radius 3 is 2.59 bits per heavy atom. The Bertz CT molecular complexity index is 1080. The monoisotopic (exact) mass is 406 g/mol. The van der Waals surface area contributed by atoms with E-state index in [1.165, 1.54) is 4.57 Å². The zero-order chi connectivity index (χ0) is 19.6. The third-order valence-electron chi connectivity index (χ3n) is 4.00. The second-order valence-corrected chi connectivity index (χ2v) is 7.70. The zero-order valence-electron chi connectivity index (χ0n) is 14.9. The van der Waals surface area contributed by atoms with E-state index in [1.807, 2.05) is 26.0 Å². The van der Waals surface area contributed by atoms with Gasteiger partial charge in [0.15, 0.2) is 5.52 Å². The van der Waals surface area contributed by atoms with Gasteiger partial charge in [-0.2, -0.15) is 4.37 Å². The third kappa shape index (κ3) is 4.28. The number of benzene rings is 1. The summed E-state index contributed by atoms with van der Waals surface area (Å²) < 4.78 is 6.56. The van der Waals surface area contributed by atoms with E-state index in [-0.39, 0.29) is 30.4 Å². The van der Waals surface area contributed by atoms with Crippen LogP contribution in [0.3, 0.4) is 0 Å². The van der Waals surface area contributed by atoms with E-state index in [0.717, 1.165) is 21.7 Å². The number of carbonyl (C=O) groups is 1. The maximum absolute atomic E-state index is 12.8. The zero-order valence-corrected chi connectivity index (χ0v) is 16.5. The van der Waals surface area contributed by atoms with Crippen molar-refractivity contribution in [1.29, 1.82) is 0 Å². The van der Waals surface area contributed by atoms with Crippen LogP contribution in [0.4, 0.5) is 0 Å². The Kier molecular flexibility index (Phi) is 5.76. The molecule has 0 unspecified atom stereocenters. The van der Waals surface area contributed by atoms with Crippen molar-refractivity contribution in [3.05, 3.63) is 61.1 Å². The molecule has 0 saturated carbocycles. The molecule has 3 aromatic rings. The van der Waals surface area contributed by atoms with Crippen molar-refractivity contribution in [3.63, 3.8) is 0 Å². The quantitative estimate of drug-likeness (QED) is 0.680. The van der Waals surface area contributed by atoms with Crippen molar-refractivity contribution in [1.82, 2.24) is 18.8 Å². The molecule has 0 saturated heterocycles. The lowest BCUT2D eigenvalue weighted by Crippen LogP contribution is -2.43. The van der Waals surface area contributed by atoms with Gasteiger partial charge in [-0.15, -0.1) is 0 Å². The van der Waals surface area contributed by atoms with Crippen LogP contribution in [0.5, 0.6) is 0 Å². The van der Waals surface area contributed by atoms with E-state index in [1.54, 1.807) is 17.5 Å². The molecule has 3 rings (SSSR count). The molecule has 0 aliphatic rings. The van der Waals surface area contributed by atoms with Crippen molar-refractivity contribution < 1.29 is 4.79 Å². The average Bonchev–Trinajstić information content (AvgIpc) is 3.11. The summed E-state index contributed by atoms with van der Waals surface area (Å²) in [5, 5.41) is 5.02. The van der Waals surface area contributed by atoms with Gasteiger partial charge in [0.25, 0.3) is 5.56 Å². The maximum atomic E-state index is 12.8. The van der Waals surface area contributed by atoms with E-state index >= 15 is 0 Å². The molecule has 27 heavy (non-hydrogen) atoms. The third-order valence-corrected chi connectivity index (χ3v) is 4.87. The number of hydrogen-bond donors (Lipinski definition) is 1. The van der Waals surface area contributed by atoms with Crippen molar-refractivity contribution in [3.8, 4) is 0 Å². The van der Waals surface area contributed by atoms with E-state index < -0.39 is 11.2 Å². The Morgan fingerprint density at radius 1 is 1.22 bits per heavy atom. The summed E-state index contributed by atoms with van der Waals surface area (Å²) in [5.74, 6) is -0.215. The first-order chi connectivity index (χ1) is 12.9. The highest BCUT2D eigenvalue weighted by molar-refractivity contribution is 7.04. The van der Waals surface area contributed by atoms with Crippen LogP contribution in [0.25, 0.3) is 11.0 Å². The number of fused-ring (bicyclic) bond motifs is 1. The fraction of sp³-hybridized carbons (Fsp3) is 0.333. The number of amides is 1. The van der Waals surface area contributed by atoms with Gasteiger partial charge < -0.3 is 5.32 Å². The summed E-state index contributed by atoms with van der Waals surface area (Å²) >= 11 is 6.94. The molecule has 0 fully saturated rings. The highest BCUT2D eigenvalue weighted by atomic mass is 35.5. The summed E-state index contributed by atoms with van der Waals surface area (Å²) in [6.45, 7) is 4.25. The summed E-state index contributed by atoms with van der Waals surface area (Å²) in [7, 11) is 0. The minimum absolute atomic E-state index is 0.110. The molecule has 1 N–H and O–H groups in total. The Labute approximate surface area is 164 Å². The molecule has 1 aromatic carbocycles. The molecular formula is C18H19ClN4O3S. The van der Waals surface area contributed by atoms with Gasteiger partial charge in [0.1, 0.15) is 6.54 Å². The average molecular weight is 407 g/mol. The van der Waals surface area contributed by atoms with E-state index in [4.69, 9.17) is 11.6 Å². The number of nitrogens with one attached hydrogen (secondary N) is 1. The highest BCUT2D eigenvalue weighted by Gasteiger charge is 2.17. The fourth-order valence-electron chi connectivity index (χ4n) is 2.72. The Morgan fingerprint density at radius 2 is 1.93 bits per heavy atom. The van der Waals surface area contributed by atoms with Gasteiger partial charge in [-0.1, -0.05) is 37.6 Å². The van der Waals surface area contributed by atoms with Gasteiger partial charge in [0, 0.05) is 23.5 Å². The molecule has 0 aliphatic heterocycles. The summed E-state index contributed by atoms with van der Waals surface area (Å²) in [6.07, 6.45) is 0. The lowest BCUT2D eigenvalue weighted by Gasteiger charge is -2.13. The van der Waals surface area contributed by atoms with Crippen LogP contribution < -0.4 is 16.6 Å². The molecular weight excluding hydrogens is 388 g/mol. The van der Waals surface area contributed by atoms with Gasteiger partial charge in [-0.25, -0.2) is 4.79 Å². The smallest absolute Gasteiger partial charge is 0.332 e. The molecule has 9 heteroatoms. The van der Waals surface area contributed by atoms with Crippen molar-refractivity contribution >= 4 is 40.1 Å². The highest BCUT2D eigenvalue weighted by Crippen LogP contribution is 2.11. The first kappa shape index (κ1) is 19.3. The SMILES string of the molecule is CC(C)Cn1c(=O)c2nscc2n(CC(=O)NCc2ccc(Cl)cc2)c1=O. The number of carbonyl (C=O) groups excluding carboxylic acids is 1. The largest absolute Gasteiger partial charge is 0.350 e. The predicted octanol–water partition coefficient (Wildman–Crippen LogP) is 2.25. The molecule has 0 bridgehead atoms. The number of nitrogens with zero attached hydrogens (tertiary/aromatic N) is 3. The van der Waals surface area contributed by atoms with Crippen molar-refractivity contribution in [2.45, 2.75) is 33.5 Å². The summed E-state index contributed by atoms with van der Waals surface area (Å²) in [5.41, 5.74) is 0.584. The topological polar surface area (TPSA) is 86.0 Å². The first-order valence-corrected chi connectivity index (χ1v) is 9.67. The molecule has 1 amide bonds. The second-order valence-electron chi connectivity index (χ2n) is 6.63. The lowest BCUT2D eigenvalue weighted by molar-refractivity contribution is -0.121. The van der Waals surface area contributed by atoms with E-state index in [0.29, 0.717) is 17.1 Å². The van der Waals surface area contributed by atoms with E-state index in [9.17, 15) is 14.4 Å². The van der Waals surface area contributed by atoms with Crippen molar-refractivity contribution in [2.75, 3.05) is 0 Å². The van der Waals surface area contributed by atoms with Gasteiger partial charge in [0.05, 0.1) is 5.52 Å². The summed E-state index contributed by atoms with van der Waals surface area (Å²) in [6, 6.07) is 7.13. The van der Waals surface area contributed by atoms with Crippen LogP contribution in [0, 0.1) is 5.92 Å². The fourth-order valence-corrected chi connectivity index (χ4v) is 3.51. The van der Waals surface area contributed by atoms with Crippen LogP contribution in [-0.4, -0.2) is 19.4 Å². The standard InChI is InChI=1S/C18H19ClN4O3S/c1-11(2)8-23-17(25)16-14(10-27-21-16)22(18(23)26)9-15(24)20-7-12-3-5-13(19)6-4-12/h3-6,10-11H,7-9H2,1-2H3,(H,20,24). The van der Waals surface area contributed by atoms with E-state index in [2.05, 4.69) is 9.69 Å². The minimum Gasteiger partial charge on any atom is -0.350 e. The van der Waals surface area contributed by atoms with Crippen LogP contribution >= 0.6 is 23.1 Å². The van der Waals surface area contributed by atoms with Gasteiger partial charge in [-0.05, 0) is 35.1 Å². The molecule has 0 spiro atoms. The number of halogens is 1. The molecule has 2 aromatic heterocycles. The van der Waals surface area contributed by atoms with Crippen molar-refractivity contribution in [2.24, 2.45) is 5.92 Å². The first-order valence-electron chi connectivity index (χ1n) is 8.45. The van der Waals surface area contributed by atoms with Gasteiger partial charge in [-0.3, -0.25) is 18.7 Å². The number of hydrogen-bond acceptors (Lipinski definition) is 5. The molecule has 142 valence electrons. The van der Waals surface area contributed by atoms with Gasteiger partial charge >= 0.3 is 5.69 Å². The predicted molar refractivity (Wildman–Crippen MR) is 106 cm³/mol. The van der Waals surface area contributed by atoms with Crippen LogP contribution in [0.15, 0.2) is 39.2 Å². The Hall–Kier alpha value is -2.45. The Balaban J connectivity index is 1.86. The van der Waals surface area contributed by atoms with Gasteiger partial charge in [0.2, 0.25) is 5.91 Å². The normalized spacial score (nSPS) is 11.3. The van der Waals surface area contributed by atoms with Crippen LogP contribution in [-0.2, 0) is 24.4 Å². The summed E-state index contributed by atoms with van der Waals surface area (Å²) in [4.78, 5) is 37.7. The molecule has 2 heterocycles. The number of aromatic nitrogens is 3. The molecule has 0 radical (unpaired) electrons. The van der Waals surface area contributed by atoms with Crippen LogP contribution in [0.2, 0.25) is 5.02 Å².